The van der Waals surface area contributed by atoms with E-state index in [2.05, 4.69) is 56.2 Å². The molecule has 1 saturated carbocycles. The van der Waals surface area contributed by atoms with Crippen molar-refractivity contribution in [3.8, 4) is 5.75 Å². The van der Waals surface area contributed by atoms with E-state index in [1.54, 1.807) is 7.11 Å². The quantitative estimate of drug-likeness (QED) is 0.689. The average Bonchev–Trinajstić information content (AvgIpc) is 2.61. The summed E-state index contributed by atoms with van der Waals surface area (Å²) in [5.74, 6) is 1.64. The lowest BCUT2D eigenvalue weighted by Gasteiger charge is -2.23. The van der Waals surface area contributed by atoms with Crippen molar-refractivity contribution in [3.05, 3.63) is 26.6 Å². The number of benzene rings is 1. The van der Waals surface area contributed by atoms with Crippen LogP contribution in [0, 0.1) is 5.92 Å². The van der Waals surface area contributed by atoms with Crippen LogP contribution in [0.1, 0.15) is 44.6 Å². The largest absolute Gasteiger partial charge is 0.494 e. The van der Waals surface area contributed by atoms with Gasteiger partial charge in [-0.2, -0.15) is 0 Å². The van der Waals surface area contributed by atoms with E-state index >= 15 is 0 Å². The third-order valence-electron chi connectivity index (χ3n) is 4.19. The third kappa shape index (κ3) is 4.22. The molecule has 2 atom stereocenters. The van der Waals surface area contributed by atoms with Gasteiger partial charge in [-0.15, -0.1) is 0 Å². The Morgan fingerprint density at radius 3 is 2.45 bits per heavy atom. The Balaban J connectivity index is 1.99. The second-order valence-corrected chi connectivity index (χ2v) is 7.40. The van der Waals surface area contributed by atoms with Gasteiger partial charge < -0.3 is 10.1 Å². The molecule has 0 aliphatic heterocycles. The summed E-state index contributed by atoms with van der Waals surface area (Å²) in [7, 11) is 1.69. The second kappa shape index (κ2) is 7.81. The highest BCUT2D eigenvalue weighted by molar-refractivity contribution is 9.11. The Kier molecular flexibility index (Phi) is 6.37. The van der Waals surface area contributed by atoms with Crippen LogP contribution in [-0.2, 0) is 6.54 Å². The van der Waals surface area contributed by atoms with Crippen molar-refractivity contribution in [1.82, 2.24) is 5.32 Å². The Morgan fingerprint density at radius 2 is 1.80 bits per heavy atom. The molecule has 0 bridgehead atoms. The molecular formula is C16H23Br2NO. The average molecular weight is 405 g/mol. The monoisotopic (exact) mass is 403 g/mol. The molecule has 0 heterocycles. The Bertz CT molecular complexity index is 427. The van der Waals surface area contributed by atoms with Gasteiger partial charge in [-0.05, 0) is 68.3 Å². The lowest BCUT2D eigenvalue weighted by molar-refractivity contribution is 0.356. The summed E-state index contributed by atoms with van der Waals surface area (Å²) in [6, 6.07) is 4.92. The van der Waals surface area contributed by atoms with Gasteiger partial charge in [0.25, 0.3) is 0 Å². The zero-order valence-corrected chi connectivity index (χ0v) is 15.4. The van der Waals surface area contributed by atoms with Crippen molar-refractivity contribution in [1.29, 1.82) is 0 Å². The van der Waals surface area contributed by atoms with Gasteiger partial charge in [-0.1, -0.05) is 26.2 Å². The van der Waals surface area contributed by atoms with E-state index in [0.29, 0.717) is 6.04 Å². The van der Waals surface area contributed by atoms with Crippen LogP contribution in [0.3, 0.4) is 0 Å². The number of hydrogen-bond donors (Lipinski definition) is 1. The summed E-state index contributed by atoms with van der Waals surface area (Å²) in [5.41, 5.74) is 1.28. The standard InChI is InChI=1S/C16H23Br2NO/c1-11-6-4-3-5-7-15(11)19-10-12-8-13(17)16(20-2)14(18)9-12/h8-9,11,15,19H,3-7,10H2,1-2H3. The van der Waals surface area contributed by atoms with Gasteiger partial charge in [0.2, 0.25) is 0 Å². The highest BCUT2D eigenvalue weighted by atomic mass is 79.9. The van der Waals surface area contributed by atoms with Crippen LogP contribution in [-0.4, -0.2) is 13.2 Å². The van der Waals surface area contributed by atoms with Crippen molar-refractivity contribution in [3.63, 3.8) is 0 Å². The molecule has 2 rings (SSSR count). The van der Waals surface area contributed by atoms with Gasteiger partial charge >= 0.3 is 0 Å². The minimum Gasteiger partial charge on any atom is -0.494 e. The molecule has 1 aromatic rings. The van der Waals surface area contributed by atoms with Gasteiger partial charge in [0, 0.05) is 12.6 Å². The van der Waals surface area contributed by atoms with E-state index in [-0.39, 0.29) is 0 Å². The van der Waals surface area contributed by atoms with Gasteiger partial charge in [0.1, 0.15) is 5.75 Å². The summed E-state index contributed by atoms with van der Waals surface area (Å²) in [6.07, 6.45) is 6.80. The van der Waals surface area contributed by atoms with Crippen molar-refractivity contribution in [2.75, 3.05) is 7.11 Å². The van der Waals surface area contributed by atoms with E-state index in [1.165, 1.54) is 37.7 Å². The number of halogens is 2. The molecule has 0 radical (unpaired) electrons. The predicted molar refractivity (Wildman–Crippen MR) is 91.3 cm³/mol. The maximum atomic E-state index is 5.34. The molecular weight excluding hydrogens is 382 g/mol. The molecule has 0 saturated heterocycles. The number of hydrogen-bond acceptors (Lipinski definition) is 2. The molecule has 20 heavy (non-hydrogen) atoms. The smallest absolute Gasteiger partial charge is 0.147 e. The van der Waals surface area contributed by atoms with Crippen LogP contribution in [0.2, 0.25) is 0 Å². The van der Waals surface area contributed by atoms with Gasteiger partial charge in [-0.3, -0.25) is 0 Å². The number of rotatable bonds is 4. The molecule has 2 unspecified atom stereocenters. The predicted octanol–water partition coefficient (Wildman–Crippen LogP) is 5.28. The normalized spacial score (nSPS) is 23.4. The first-order valence-electron chi connectivity index (χ1n) is 7.37. The van der Waals surface area contributed by atoms with Gasteiger partial charge in [0.05, 0.1) is 16.1 Å². The summed E-state index contributed by atoms with van der Waals surface area (Å²) >= 11 is 7.13. The molecule has 1 aliphatic carbocycles. The van der Waals surface area contributed by atoms with Crippen LogP contribution in [0.15, 0.2) is 21.1 Å². The molecule has 2 nitrogen and oxygen atoms in total. The number of nitrogens with one attached hydrogen (secondary N) is 1. The van der Waals surface area contributed by atoms with E-state index in [9.17, 15) is 0 Å². The Labute approximate surface area is 138 Å². The first kappa shape index (κ1) is 16.3. The maximum Gasteiger partial charge on any atom is 0.147 e. The minimum atomic E-state index is 0.650. The SMILES string of the molecule is COc1c(Br)cc(CNC2CCCCCC2C)cc1Br. The fraction of sp³-hybridized carbons (Fsp3) is 0.625. The molecule has 0 amide bonds. The maximum absolute atomic E-state index is 5.34. The van der Waals surface area contributed by atoms with Crippen LogP contribution in [0.5, 0.6) is 5.75 Å². The molecule has 0 spiro atoms. The van der Waals surface area contributed by atoms with E-state index in [1.807, 2.05) is 0 Å². The van der Waals surface area contributed by atoms with Crippen LogP contribution in [0.4, 0.5) is 0 Å². The fourth-order valence-electron chi connectivity index (χ4n) is 2.95. The van der Waals surface area contributed by atoms with Crippen molar-refractivity contribution in [2.45, 2.75) is 51.6 Å². The van der Waals surface area contributed by atoms with Gasteiger partial charge in [-0.25, -0.2) is 0 Å². The minimum absolute atomic E-state index is 0.650. The number of ether oxygens (including phenoxy) is 1. The second-order valence-electron chi connectivity index (χ2n) is 5.70. The molecule has 0 aromatic heterocycles. The highest BCUT2D eigenvalue weighted by Gasteiger charge is 2.19. The topological polar surface area (TPSA) is 21.3 Å². The molecule has 1 aromatic carbocycles. The van der Waals surface area contributed by atoms with Crippen LogP contribution in [0.25, 0.3) is 0 Å². The summed E-state index contributed by atoms with van der Waals surface area (Å²) < 4.78 is 7.34. The first-order chi connectivity index (χ1) is 9.61. The molecule has 1 N–H and O–H groups in total. The lowest BCUT2D eigenvalue weighted by Crippen LogP contribution is -2.33. The van der Waals surface area contributed by atoms with Crippen molar-refractivity contribution in [2.24, 2.45) is 5.92 Å². The Hall–Kier alpha value is -0.0600. The van der Waals surface area contributed by atoms with E-state index < -0.39 is 0 Å². The lowest BCUT2D eigenvalue weighted by atomic mass is 9.97. The third-order valence-corrected chi connectivity index (χ3v) is 5.37. The highest BCUT2D eigenvalue weighted by Crippen LogP contribution is 2.34. The van der Waals surface area contributed by atoms with E-state index in [4.69, 9.17) is 4.74 Å². The van der Waals surface area contributed by atoms with E-state index in [0.717, 1.165) is 27.2 Å². The Morgan fingerprint density at radius 1 is 1.15 bits per heavy atom. The first-order valence-corrected chi connectivity index (χ1v) is 8.95. The summed E-state index contributed by atoms with van der Waals surface area (Å²) in [5, 5.41) is 3.74. The molecule has 4 heteroatoms. The summed E-state index contributed by atoms with van der Waals surface area (Å²) in [6.45, 7) is 3.29. The molecule has 1 fully saturated rings. The summed E-state index contributed by atoms with van der Waals surface area (Å²) in [4.78, 5) is 0. The van der Waals surface area contributed by atoms with Crippen LogP contribution >= 0.6 is 31.9 Å². The van der Waals surface area contributed by atoms with Crippen molar-refractivity contribution >= 4 is 31.9 Å². The molecule has 1 aliphatic rings. The number of methoxy groups -OCH3 is 1. The van der Waals surface area contributed by atoms with Gasteiger partial charge in [0.15, 0.2) is 0 Å². The zero-order valence-electron chi connectivity index (χ0n) is 12.2. The van der Waals surface area contributed by atoms with Crippen molar-refractivity contribution < 1.29 is 4.74 Å². The fourth-order valence-corrected chi connectivity index (χ4v) is 4.56. The molecule has 112 valence electrons. The van der Waals surface area contributed by atoms with Crippen LogP contribution < -0.4 is 10.1 Å². The zero-order chi connectivity index (χ0) is 14.5.